The van der Waals surface area contributed by atoms with Gasteiger partial charge in [0.2, 0.25) is 0 Å². The molecule has 0 bridgehead atoms. The molecule has 4 nitrogen and oxygen atoms in total. The van der Waals surface area contributed by atoms with Gasteiger partial charge in [0.1, 0.15) is 24.7 Å². The number of carbonyl (C=O) groups excluding carboxylic acids is 1. The molecule has 0 fully saturated rings. The van der Waals surface area contributed by atoms with Crippen LogP contribution in [0.15, 0.2) is 60.8 Å². The van der Waals surface area contributed by atoms with Crippen LogP contribution in [0.3, 0.4) is 0 Å². The van der Waals surface area contributed by atoms with Gasteiger partial charge in [-0.1, -0.05) is 30.3 Å². The number of nitrogens with zero attached hydrogens (tertiary/aromatic N) is 1. The summed E-state index contributed by atoms with van der Waals surface area (Å²) in [5.41, 5.74) is -0.180. The van der Waals surface area contributed by atoms with Crippen molar-refractivity contribution in [1.82, 2.24) is 4.98 Å². The lowest BCUT2D eigenvalue weighted by atomic mass is 10.1. The molecule has 26 heavy (non-hydrogen) atoms. The maximum Gasteiger partial charge on any atom is 0.455 e. The zero-order valence-corrected chi connectivity index (χ0v) is 13.5. The van der Waals surface area contributed by atoms with Crippen LogP contribution >= 0.6 is 0 Å². The van der Waals surface area contributed by atoms with E-state index in [1.807, 2.05) is 6.07 Å². The molecule has 0 amide bonds. The van der Waals surface area contributed by atoms with Crippen molar-refractivity contribution in [1.29, 1.82) is 0 Å². The van der Waals surface area contributed by atoms with Crippen LogP contribution in [0.2, 0.25) is 0 Å². The molecule has 2 aromatic carbocycles. The fourth-order valence-corrected chi connectivity index (χ4v) is 2.41. The number of ether oxygens (including phenoxy) is 2. The topological polar surface area (TPSA) is 48.4 Å². The first kappa shape index (κ1) is 17.7. The Hall–Kier alpha value is -3.09. The third-order valence-electron chi connectivity index (χ3n) is 3.57. The molecule has 0 aliphatic heterocycles. The third-order valence-corrected chi connectivity index (χ3v) is 3.57. The number of Topliss-reactive ketones (excluding diaryl/α,β-unsaturated/α-hetero) is 1. The summed E-state index contributed by atoms with van der Waals surface area (Å²) in [6, 6.07) is 15.5. The van der Waals surface area contributed by atoms with Crippen LogP contribution in [0.25, 0.3) is 10.9 Å². The number of para-hydroxylation sites is 2. The van der Waals surface area contributed by atoms with E-state index in [1.165, 1.54) is 0 Å². The third kappa shape index (κ3) is 3.93. The molecule has 0 aliphatic carbocycles. The highest BCUT2D eigenvalue weighted by atomic mass is 19.4. The van der Waals surface area contributed by atoms with E-state index in [2.05, 4.69) is 4.98 Å². The first-order valence-electron chi connectivity index (χ1n) is 7.77. The van der Waals surface area contributed by atoms with E-state index in [0.717, 1.165) is 6.20 Å². The van der Waals surface area contributed by atoms with E-state index in [0.29, 0.717) is 16.7 Å². The van der Waals surface area contributed by atoms with Gasteiger partial charge in [0.05, 0.1) is 11.1 Å². The van der Waals surface area contributed by atoms with Crippen LogP contribution in [-0.4, -0.2) is 30.2 Å². The number of pyridine rings is 1. The van der Waals surface area contributed by atoms with Crippen molar-refractivity contribution >= 4 is 16.7 Å². The molecule has 134 valence electrons. The quantitative estimate of drug-likeness (QED) is 0.481. The maximum atomic E-state index is 12.9. The minimum Gasteiger partial charge on any atom is -0.490 e. The van der Waals surface area contributed by atoms with Gasteiger partial charge in [-0.3, -0.25) is 9.78 Å². The van der Waals surface area contributed by atoms with Gasteiger partial charge >= 0.3 is 6.18 Å². The molecule has 3 aromatic rings. The van der Waals surface area contributed by atoms with E-state index < -0.39 is 17.5 Å². The average Bonchev–Trinajstić information content (AvgIpc) is 2.64. The van der Waals surface area contributed by atoms with Crippen molar-refractivity contribution < 1.29 is 27.4 Å². The fraction of sp³-hybridized carbons (Fsp3) is 0.158. The van der Waals surface area contributed by atoms with Crippen molar-refractivity contribution in [3.8, 4) is 11.5 Å². The monoisotopic (exact) mass is 361 g/mol. The van der Waals surface area contributed by atoms with Gasteiger partial charge < -0.3 is 9.47 Å². The molecule has 0 saturated carbocycles. The van der Waals surface area contributed by atoms with Crippen molar-refractivity contribution in [3.63, 3.8) is 0 Å². The summed E-state index contributed by atoms with van der Waals surface area (Å²) in [6.07, 6.45) is -4.12. The number of fused-ring (bicyclic) bond motifs is 1. The first-order chi connectivity index (χ1) is 12.5. The van der Waals surface area contributed by atoms with Crippen LogP contribution in [0.4, 0.5) is 13.2 Å². The van der Waals surface area contributed by atoms with Crippen LogP contribution in [0, 0.1) is 0 Å². The highest BCUT2D eigenvalue weighted by molar-refractivity contribution is 6.06. The largest absolute Gasteiger partial charge is 0.490 e. The molecule has 1 heterocycles. The summed E-state index contributed by atoms with van der Waals surface area (Å²) >= 11 is 0. The summed E-state index contributed by atoms with van der Waals surface area (Å²) in [7, 11) is 0. The molecular formula is C19H14F3NO3. The van der Waals surface area contributed by atoms with Crippen LogP contribution in [0.1, 0.15) is 10.4 Å². The molecule has 0 N–H and O–H groups in total. The number of carbonyl (C=O) groups is 1. The molecular weight excluding hydrogens is 347 g/mol. The van der Waals surface area contributed by atoms with Gasteiger partial charge in [0.25, 0.3) is 5.78 Å². The molecule has 0 spiro atoms. The Morgan fingerprint density at radius 2 is 1.58 bits per heavy atom. The van der Waals surface area contributed by atoms with Gasteiger partial charge in [0.15, 0.2) is 0 Å². The van der Waals surface area contributed by atoms with Gasteiger partial charge in [-0.25, -0.2) is 0 Å². The number of benzene rings is 2. The van der Waals surface area contributed by atoms with E-state index >= 15 is 0 Å². The Labute approximate surface area is 147 Å². The van der Waals surface area contributed by atoms with Crippen LogP contribution in [0.5, 0.6) is 11.5 Å². The second-order valence-corrected chi connectivity index (χ2v) is 5.36. The Balaban J connectivity index is 1.83. The highest BCUT2D eigenvalue weighted by Crippen LogP contribution is 2.32. The van der Waals surface area contributed by atoms with E-state index in [9.17, 15) is 18.0 Å². The number of aromatic nitrogens is 1. The second kappa shape index (κ2) is 7.43. The van der Waals surface area contributed by atoms with Crippen LogP contribution < -0.4 is 9.47 Å². The number of halogens is 3. The molecule has 3 rings (SSSR count). The second-order valence-electron chi connectivity index (χ2n) is 5.36. The first-order valence-corrected chi connectivity index (χ1v) is 7.77. The van der Waals surface area contributed by atoms with Crippen molar-refractivity contribution in [2.75, 3.05) is 13.2 Å². The molecule has 0 atom stereocenters. The van der Waals surface area contributed by atoms with E-state index in [1.54, 1.807) is 48.5 Å². The molecule has 0 aliphatic rings. The predicted molar refractivity (Wildman–Crippen MR) is 89.6 cm³/mol. The number of hydrogen-bond acceptors (Lipinski definition) is 4. The summed E-state index contributed by atoms with van der Waals surface area (Å²) in [5.74, 6) is -1.52. The number of alkyl halides is 3. The van der Waals surface area contributed by atoms with Gasteiger partial charge in [0, 0.05) is 11.6 Å². The molecule has 7 heteroatoms. The molecule has 0 saturated heterocycles. The summed E-state index contributed by atoms with van der Waals surface area (Å²) in [4.78, 5) is 15.6. The summed E-state index contributed by atoms with van der Waals surface area (Å²) in [5, 5.41) is 0.335. The Kier molecular flexibility index (Phi) is 5.06. The Morgan fingerprint density at radius 3 is 2.31 bits per heavy atom. The van der Waals surface area contributed by atoms with Crippen molar-refractivity contribution in [3.05, 3.63) is 66.4 Å². The predicted octanol–water partition coefficient (Wildman–Crippen LogP) is 4.44. The van der Waals surface area contributed by atoms with Crippen molar-refractivity contribution in [2.45, 2.75) is 6.18 Å². The lowest BCUT2D eigenvalue weighted by Gasteiger charge is -2.14. The zero-order chi connectivity index (χ0) is 18.6. The number of ketones is 1. The van der Waals surface area contributed by atoms with E-state index in [4.69, 9.17) is 9.47 Å². The maximum absolute atomic E-state index is 12.9. The minimum atomic E-state index is -5.01. The van der Waals surface area contributed by atoms with E-state index in [-0.39, 0.29) is 19.0 Å². The standard InChI is InChI=1S/C19H14F3NO3/c20-19(21,22)18(24)15-12-23-16-9-5-4-8-14(16)17(15)26-11-10-25-13-6-2-1-3-7-13/h1-9,12H,10-11H2. The van der Waals surface area contributed by atoms with Gasteiger partial charge in [-0.05, 0) is 24.3 Å². The normalized spacial score (nSPS) is 11.3. The zero-order valence-electron chi connectivity index (χ0n) is 13.5. The fourth-order valence-electron chi connectivity index (χ4n) is 2.41. The molecule has 0 unspecified atom stereocenters. The van der Waals surface area contributed by atoms with Crippen LogP contribution in [-0.2, 0) is 0 Å². The average molecular weight is 361 g/mol. The SMILES string of the molecule is O=C(c1cnc2ccccc2c1OCCOc1ccccc1)C(F)(F)F. The van der Waals surface area contributed by atoms with Crippen molar-refractivity contribution in [2.24, 2.45) is 0 Å². The summed E-state index contributed by atoms with van der Waals surface area (Å²) in [6.45, 7) is 0.0847. The van der Waals surface area contributed by atoms with Gasteiger partial charge in [-0.15, -0.1) is 0 Å². The smallest absolute Gasteiger partial charge is 0.455 e. The highest BCUT2D eigenvalue weighted by Gasteiger charge is 2.41. The minimum absolute atomic E-state index is 0.0267. The lowest BCUT2D eigenvalue weighted by Crippen LogP contribution is -2.24. The summed E-state index contributed by atoms with van der Waals surface area (Å²) < 4.78 is 49.6. The Morgan fingerprint density at radius 1 is 0.923 bits per heavy atom. The number of hydrogen-bond donors (Lipinski definition) is 0. The number of rotatable bonds is 6. The lowest BCUT2D eigenvalue weighted by molar-refractivity contribution is -0.0886. The Bertz CT molecular complexity index is 911. The molecule has 0 radical (unpaired) electrons. The molecule has 1 aromatic heterocycles. The van der Waals surface area contributed by atoms with Gasteiger partial charge in [-0.2, -0.15) is 13.2 Å².